The first kappa shape index (κ1) is 29.6. The van der Waals surface area contributed by atoms with E-state index in [4.69, 9.17) is 26.8 Å². The Morgan fingerprint density at radius 1 is 1.19 bits per heavy atom. The van der Waals surface area contributed by atoms with Crippen molar-refractivity contribution in [2.45, 2.75) is 18.6 Å². The van der Waals surface area contributed by atoms with Gasteiger partial charge in [-0.2, -0.15) is 4.68 Å². The van der Waals surface area contributed by atoms with E-state index in [0.717, 1.165) is 5.56 Å². The third-order valence-electron chi connectivity index (χ3n) is 7.44. The summed E-state index contributed by atoms with van der Waals surface area (Å²) in [5.74, 6) is 0.551. The molecule has 1 aliphatic rings. The molecule has 2 heterocycles. The summed E-state index contributed by atoms with van der Waals surface area (Å²) in [7, 11) is 3.33. The number of fused-ring (bicyclic) bond motifs is 2. The van der Waals surface area contributed by atoms with Crippen LogP contribution < -0.4 is 15.4 Å². The van der Waals surface area contributed by atoms with Crippen LogP contribution in [0.5, 0.6) is 5.75 Å². The number of benzene rings is 3. The van der Waals surface area contributed by atoms with Crippen LogP contribution in [-0.4, -0.2) is 63.5 Å². The monoisotopic (exact) mass is 601 g/mol. The lowest BCUT2D eigenvalue weighted by molar-refractivity contribution is -0.141. The number of anilines is 2. The molecule has 0 amide bonds. The zero-order valence-corrected chi connectivity index (χ0v) is 24.8. The Morgan fingerprint density at radius 2 is 1.93 bits per heavy atom. The van der Waals surface area contributed by atoms with Gasteiger partial charge >= 0.3 is 5.97 Å². The summed E-state index contributed by atoms with van der Waals surface area (Å²) in [5.41, 5.74) is 8.02. The molecule has 2 atom stereocenters. The number of ether oxygens (including phenoxy) is 2. The van der Waals surface area contributed by atoms with Gasteiger partial charge in [-0.3, -0.25) is 9.69 Å². The molecule has 222 valence electrons. The molecule has 3 aromatic carbocycles. The number of likely N-dealkylation sites (N-methyl/N-ethyl adjacent to an activating group) is 1. The van der Waals surface area contributed by atoms with Crippen LogP contribution in [0.15, 0.2) is 91.4 Å². The molecule has 0 bridgehead atoms. The van der Waals surface area contributed by atoms with Crippen molar-refractivity contribution in [3.8, 4) is 5.75 Å². The first-order chi connectivity index (χ1) is 20.8. The van der Waals surface area contributed by atoms with Crippen molar-refractivity contribution in [3.05, 3.63) is 119 Å². The van der Waals surface area contributed by atoms with Crippen LogP contribution >= 0.6 is 11.6 Å². The van der Waals surface area contributed by atoms with E-state index < -0.39 is 17.6 Å². The van der Waals surface area contributed by atoms with Gasteiger partial charge < -0.3 is 25.2 Å². The van der Waals surface area contributed by atoms with Crippen LogP contribution in [0, 0.1) is 0 Å². The summed E-state index contributed by atoms with van der Waals surface area (Å²) in [5, 5.41) is 25.7. The number of esters is 1. The summed E-state index contributed by atoms with van der Waals surface area (Å²) in [4.78, 5) is 16.1. The Bertz CT molecular complexity index is 1670. The number of tetrazole rings is 1. The number of rotatable bonds is 10. The Labute approximate surface area is 254 Å². The summed E-state index contributed by atoms with van der Waals surface area (Å²) < 4.78 is 12.2. The Morgan fingerprint density at radius 3 is 2.58 bits per heavy atom. The lowest BCUT2D eigenvalue weighted by Crippen LogP contribution is -2.38. The molecule has 1 aromatic heterocycles. The summed E-state index contributed by atoms with van der Waals surface area (Å²) in [6, 6.07) is 19.4. The van der Waals surface area contributed by atoms with E-state index in [9.17, 15) is 9.90 Å². The van der Waals surface area contributed by atoms with Crippen molar-refractivity contribution < 1.29 is 19.4 Å². The number of hydrogen-bond acceptors (Lipinski definition) is 10. The molecule has 11 nitrogen and oxygen atoms in total. The number of hydrogen-bond donors (Lipinski definition) is 2. The highest BCUT2D eigenvalue weighted by Crippen LogP contribution is 2.46. The fourth-order valence-corrected chi connectivity index (χ4v) is 5.59. The summed E-state index contributed by atoms with van der Waals surface area (Å²) >= 11 is 6.43. The molecule has 0 radical (unpaired) electrons. The van der Waals surface area contributed by atoms with Crippen LogP contribution in [0.2, 0.25) is 5.02 Å². The third-order valence-corrected chi connectivity index (χ3v) is 7.67. The van der Waals surface area contributed by atoms with Gasteiger partial charge in [-0.15, -0.1) is 0 Å². The standard InChI is InChI=1S/C31H32ClN7O4/c1-5-37(3)27(18-33)31(41,21-10-13-24(42-4)14-11-21)22-12-15-26-25(17-22)29(20-8-7-9-23(32)16-20)39-30(34-35-36-39)38(26)19-28(40)43-6-2/h5,7-18,29,41H,1,6,19,33H2,2-4H3/b27-18-. The second-order valence-corrected chi connectivity index (χ2v) is 10.3. The number of aromatic nitrogens is 4. The molecule has 5 rings (SSSR count). The molecule has 3 N–H and O–H groups in total. The van der Waals surface area contributed by atoms with Crippen LogP contribution in [0.25, 0.3) is 0 Å². The van der Waals surface area contributed by atoms with Crippen LogP contribution in [0.4, 0.5) is 11.6 Å². The smallest absolute Gasteiger partial charge is 0.326 e. The van der Waals surface area contributed by atoms with E-state index in [0.29, 0.717) is 44.8 Å². The minimum atomic E-state index is -1.73. The Balaban J connectivity index is 1.77. The zero-order valence-electron chi connectivity index (χ0n) is 24.0. The maximum atomic E-state index is 12.7. The summed E-state index contributed by atoms with van der Waals surface area (Å²) in [6.45, 7) is 5.72. The first-order valence-electron chi connectivity index (χ1n) is 13.5. The van der Waals surface area contributed by atoms with E-state index in [1.807, 2.05) is 30.3 Å². The van der Waals surface area contributed by atoms with Crippen LogP contribution in [0.1, 0.15) is 35.2 Å². The van der Waals surface area contributed by atoms with Gasteiger partial charge in [-0.25, -0.2) is 0 Å². The fourth-order valence-electron chi connectivity index (χ4n) is 5.39. The van der Waals surface area contributed by atoms with Crippen LogP contribution in [-0.2, 0) is 15.1 Å². The highest BCUT2D eigenvalue weighted by Gasteiger charge is 2.41. The molecule has 0 fully saturated rings. The van der Waals surface area contributed by atoms with E-state index in [-0.39, 0.29) is 13.2 Å². The molecule has 0 saturated heterocycles. The van der Waals surface area contributed by atoms with Crippen molar-refractivity contribution in [1.29, 1.82) is 0 Å². The quantitative estimate of drug-likeness (QED) is 0.256. The number of carbonyl (C=O) groups is 1. The van der Waals surface area contributed by atoms with Crippen molar-refractivity contribution in [2.75, 3.05) is 32.2 Å². The van der Waals surface area contributed by atoms with Gasteiger partial charge in [0.1, 0.15) is 18.3 Å². The number of methoxy groups -OCH3 is 1. The van der Waals surface area contributed by atoms with E-state index in [1.165, 1.54) is 6.20 Å². The molecule has 0 saturated carbocycles. The molecule has 43 heavy (non-hydrogen) atoms. The largest absolute Gasteiger partial charge is 0.497 e. The molecule has 0 aliphatic carbocycles. The van der Waals surface area contributed by atoms with Gasteiger partial charge in [-0.05, 0) is 76.6 Å². The second-order valence-electron chi connectivity index (χ2n) is 9.83. The average molecular weight is 602 g/mol. The zero-order chi connectivity index (χ0) is 30.7. The second kappa shape index (κ2) is 12.2. The molecule has 2 unspecified atom stereocenters. The number of halogens is 1. The van der Waals surface area contributed by atoms with Gasteiger partial charge in [0, 0.05) is 23.8 Å². The lowest BCUT2D eigenvalue weighted by Gasteiger charge is -2.38. The Kier molecular flexibility index (Phi) is 8.38. The molecular weight excluding hydrogens is 570 g/mol. The van der Waals surface area contributed by atoms with E-state index >= 15 is 0 Å². The maximum Gasteiger partial charge on any atom is 0.326 e. The number of carbonyl (C=O) groups excluding carboxylic acids is 1. The first-order valence-corrected chi connectivity index (χ1v) is 13.9. The third kappa shape index (κ3) is 5.28. The van der Waals surface area contributed by atoms with Crippen molar-refractivity contribution in [3.63, 3.8) is 0 Å². The Hall–Kier alpha value is -4.87. The molecule has 0 spiro atoms. The topological polar surface area (TPSA) is 132 Å². The SMILES string of the molecule is C=CN(C)/C(=C\N)C(O)(c1ccc(OC)cc1)c1ccc2c(c1)C(c1cccc(Cl)c1)n1nnnc1N2CC(=O)OCC. The van der Waals surface area contributed by atoms with Gasteiger partial charge in [0.05, 0.1) is 25.1 Å². The average Bonchev–Trinajstić information content (AvgIpc) is 3.50. The predicted molar refractivity (Wildman–Crippen MR) is 163 cm³/mol. The van der Waals surface area contributed by atoms with E-state index in [2.05, 4.69) is 22.1 Å². The number of nitrogens with two attached hydrogens (primary N) is 1. The van der Waals surface area contributed by atoms with Crippen LogP contribution in [0.3, 0.4) is 0 Å². The minimum Gasteiger partial charge on any atom is -0.497 e. The van der Waals surface area contributed by atoms with Crippen molar-refractivity contribution >= 4 is 29.2 Å². The minimum absolute atomic E-state index is 0.126. The molecule has 1 aliphatic heterocycles. The van der Waals surface area contributed by atoms with E-state index in [1.54, 1.807) is 78.2 Å². The highest BCUT2D eigenvalue weighted by molar-refractivity contribution is 6.30. The normalized spacial score (nSPS) is 15.6. The lowest BCUT2D eigenvalue weighted by atomic mass is 9.80. The van der Waals surface area contributed by atoms with Gasteiger partial charge in [-0.1, -0.05) is 53.6 Å². The predicted octanol–water partition coefficient (Wildman–Crippen LogP) is 4.10. The molecule has 12 heteroatoms. The maximum absolute atomic E-state index is 12.7. The number of aliphatic hydroxyl groups is 1. The van der Waals surface area contributed by atoms with Gasteiger partial charge in [0.2, 0.25) is 0 Å². The number of nitrogens with zero attached hydrogens (tertiary/aromatic N) is 6. The fraction of sp³-hybridized carbons (Fsp3) is 0.226. The highest BCUT2D eigenvalue weighted by atomic mass is 35.5. The summed E-state index contributed by atoms with van der Waals surface area (Å²) in [6.07, 6.45) is 2.92. The van der Waals surface area contributed by atoms with Crippen molar-refractivity contribution in [1.82, 2.24) is 25.1 Å². The van der Waals surface area contributed by atoms with Gasteiger partial charge in [0.25, 0.3) is 5.95 Å². The van der Waals surface area contributed by atoms with Gasteiger partial charge in [0.15, 0.2) is 5.60 Å². The molecular formula is C31H32ClN7O4. The molecule has 4 aromatic rings. The van der Waals surface area contributed by atoms with Crippen molar-refractivity contribution in [2.24, 2.45) is 5.73 Å².